The molecule has 4 heteroatoms. The van der Waals surface area contributed by atoms with Gasteiger partial charge in [-0.25, -0.2) is 0 Å². The van der Waals surface area contributed by atoms with E-state index < -0.39 is 17.5 Å². The van der Waals surface area contributed by atoms with Gasteiger partial charge in [-0.05, 0) is 103 Å². The number of hydrogen-bond acceptors (Lipinski definition) is 3. The summed E-state index contributed by atoms with van der Waals surface area (Å²) in [6.45, 7) is 16.4. The lowest BCUT2D eigenvalue weighted by molar-refractivity contribution is -0.218. The van der Waals surface area contributed by atoms with Crippen molar-refractivity contribution >= 4 is 5.97 Å². The maximum Gasteiger partial charge on any atom is 0.312 e. The summed E-state index contributed by atoms with van der Waals surface area (Å²) in [4.78, 5) is 12.8. The molecule has 3 N–H and O–H groups in total. The molecule has 0 aromatic carbocycles. The zero-order chi connectivity index (χ0) is 25.1. The van der Waals surface area contributed by atoms with Crippen molar-refractivity contribution in [2.24, 2.45) is 50.2 Å². The van der Waals surface area contributed by atoms with E-state index in [0.717, 1.165) is 44.9 Å². The first-order chi connectivity index (χ1) is 15.6. The second-order valence-electron chi connectivity index (χ2n) is 15.2. The minimum absolute atomic E-state index is 0.0218. The Kier molecular flexibility index (Phi) is 5.20. The van der Waals surface area contributed by atoms with Gasteiger partial charge < -0.3 is 15.3 Å². The Bertz CT molecular complexity index is 919. The van der Waals surface area contributed by atoms with Gasteiger partial charge in [0.15, 0.2) is 0 Å². The molecule has 4 saturated carbocycles. The summed E-state index contributed by atoms with van der Waals surface area (Å²) in [7, 11) is 0. The van der Waals surface area contributed by atoms with Crippen molar-refractivity contribution in [3.05, 3.63) is 11.6 Å². The van der Waals surface area contributed by atoms with Crippen molar-refractivity contribution in [1.29, 1.82) is 0 Å². The molecular weight excluding hydrogens is 424 g/mol. The molecule has 0 radical (unpaired) electrons. The minimum Gasteiger partial charge on any atom is -0.481 e. The van der Waals surface area contributed by atoms with Crippen molar-refractivity contribution in [3.63, 3.8) is 0 Å². The number of aliphatic hydroxyl groups excluding tert-OH is 2. The monoisotopic (exact) mass is 472 g/mol. The highest BCUT2D eigenvalue weighted by Crippen LogP contribution is 2.75. The summed E-state index contributed by atoms with van der Waals surface area (Å²) in [5, 5.41) is 33.1. The molecule has 0 saturated heterocycles. The predicted octanol–water partition coefficient (Wildman–Crippen LogP) is 6.20. The second-order valence-corrected chi connectivity index (χ2v) is 15.2. The first-order valence-corrected chi connectivity index (χ1v) is 13.9. The zero-order valence-electron chi connectivity index (χ0n) is 22.6. The third-order valence-corrected chi connectivity index (χ3v) is 13.1. The fourth-order valence-electron chi connectivity index (χ4n) is 10.7. The largest absolute Gasteiger partial charge is 0.481 e. The van der Waals surface area contributed by atoms with Crippen LogP contribution in [0.4, 0.5) is 0 Å². The summed E-state index contributed by atoms with van der Waals surface area (Å²) < 4.78 is 0. The maximum atomic E-state index is 12.8. The van der Waals surface area contributed by atoms with E-state index in [4.69, 9.17) is 0 Å². The molecule has 0 spiro atoms. The van der Waals surface area contributed by atoms with Crippen LogP contribution in [0.2, 0.25) is 0 Å². The third-order valence-electron chi connectivity index (χ3n) is 13.1. The summed E-state index contributed by atoms with van der Waals surface area (Å²) in [6, 6.07) is 0. The van der Waals surface area contributed by atoms with Crippen LogP contribution < -0.4 is 0 Å². The lowest BCUT2D eigenvalue weighted by Gasteiger charge is -2.71. The van der Waals surface area contributed by atoms with Crippen molar-refractivity contribution in [2.75, 3.05) is 0 Å². The average molecular weight is 473 g/mol. The van der Waals surface area contributed by atoms with Crippen LogP contribution in [-0.2, 0) is 4.79 Å². The van der Waals surface area contributed by atoms with Crippen LogP contribution >= 0.6 is 0 Å². The molecule has 4 nitrogen and oxygen atoms in total. The van der Waals surface area contributed by atoms with Crippen LogP contribution in [0.1, 0.15) is 106 Å². The molecule has 0 aromatic rings. The number of hydrogen-bond donors (Lipinski definition) is 3. The molecule has 0 amide bonds. The number of aliphatic carboxylic acids is 1. The molecule has 9 atom stereocenters. The van der Waals surface area contributed by atoms with E-state index >= 15 is 0 Å². The number of fused-ring (bicyclic) bond motifs is 7. The third kappa shape index (κ3) is 2.82. The fraction of sp³-hybridized carbons (Fsp3) is 0.900. The van der Waals surface area contributed by atoms with Gasteiger partial charge >= 0.3 is 5.97 Å². The highest BCUT2D eigenvalue weighted by Gasteiger charge is 2.71. The van der Waals surface area contributed by atoms with Crippen molar-refractivity contribution in [2.45, 2.75) is 118 Å². The van der Waals surface area contributed by atoms with Crippen LogP contribution in [0.5, 0.6) is 0 Å². The van der Waals surface area contributed by atoms with Crippen molar-refractivity contribution in [3.8, 4) is 0 Å². The standard InChI is InChI=1S/C30H48O4/c1-25(2)14-15-30(24(33)34)19(16-25)18-8-9-21-27(5)12-11-22(31)26(3,4)20(27)10-13-28(21,6)29(18,7)17-23(30)32/h8,19-23,31-32H,9-17H2,1-7H3,(H,33,34)/t19-,20-,21+,22-,23+,27+,28-,29-,30-/m1/s1. The molecule has 0 aromatic heterocycles. The fourth-order valence-corrected chi connectivity index (χ4v) is 10.7. The van der Waals surface area contributed by atoms with E-state index in [-0.39, 0.29) is 39.1 Å². The van der Waals surface area contributed by atoms with Gasteiger partial charge in [0, 0.05) is 0 Å². The van der Waals surface area contributed by atoms with Crippen LogP contribution in [0.15, 0.2) is 11.6 Å². The molecular formula is C30H48O4. The number of rotatable bonds is 1. The first kappa shape index (κ1) is 24.8. The van der Waals surface area contributed by atoms with Gasteiger partial charge in [0.1, 0.15) is 5.41 Å². The quantitative estimate of drug-likeness (QED) is 0.397. The van der Waals surface area contributed by atoms with E-state index in [1.54, 1.807) is 0 Å². The Morgan fingerprint density at radius 1 is 0.853 bits per heavy atom. The predicted molar refractivity (Wildman–Crippen MR) is 134 cm³/mol. The molecule has 192 valence electrons. The molecule has 0 unspecified atom stereocenters. The lowest BCUT2D eigenvalue weighted by Crippen LogP contribution is -2.67. The van der Waals surface area contributed by atoms with Crippen LogP contribution in [0.25, 0.3) is 0 Å². The zero-order valence-corrected chi connectivity index (χ0v) is 22.6. The van der Waals surface area contributed by atoms with E-state index in [1.807, 2.05) is 0 Å². The normalized spacial score (nSPS) is 53.4. The molecule has 0 bridgehead atoms. The highest BCUT2D eigenvalue weighted by atomic mass is 16.4. The molecule has 5 rings (SSSR count). The smallest absolute Gasteiger partial charge is 0.312 e. The molecule has 34 heavy (non-hydrogen) atoms. The Labute approximate surface area is 206 Å². The van der Waals surface area contributed by atoms with Gasteiger partial charge in [-0.1, -0.05) is 60.1 Å². The van der Waals surface area contributed by atoms with E-state index in [0.29, 0.717) is 24.7 Å². The Hall–Kier alpha value is -0.870. The topological polar surface area (TPSA) is 77.8 Å². The summed E-state index contributed by atoms with van der Waals surface area (Å²) >= 11 is 0. The van der Waals surface area contributed by atoms with Gasteiger partial charge in [-0.2, -0.15) is 0 Å². The van der Waals surface area contributed by atoms with Crippen LogP contribution in [0, 0.1) is 50.2 Å². The summed E-state index contributed by atoms with van der Waals surface area (Å²) in [5.74, 6) is 0.0888. The molecule has 5 aliphatic rings. The average Bonchev–Trinajstić information content (AvgIpc) is 2.71. The molecule has 4 fully saturated rings. The van der Waals surface area contributed by atoms with E-state index in [2.05, 4.69) is 54.5 Å². The van der Waals surface area contributed by atoms with Gasteiger partial charge in [0.25, 0.3) is 0 Å². The highest BCUT2D eigenvalue weighted by molar-refractivity contribution is 5.77. The van der Waals surface area contributed by atoms with E-state index in [9.17, 15) is 20.1 Å². The van der Waals surface area contributed by atoms with Crippen LogP contribution in [-0.4, -0.2) is 33.5 Å². The molecule has 0 aliphatic heterocycles. The van der Waals surface area contributed by atoms with Gasteiger partial charge in [-0.3, -0.25) is 4.79 Å². The number of carboxylic acid groups (broad SMARTS) is 1. The number of aliphatic hydroxyl groups is 2. The summed E-state index contributed by atoms with van der Waals surface area (Å²) in [5.41, 5.74) is 0.295. The van der Waals surface area contributed by atoms with Gasteiger partial charge in [-0.15, -0.1) is 0 Å². The SMILES string of the molecule is CC1(C)CC[C@@]2(C(=O)O)[C@H](C1)C1=CC[C@H]3[C@@]4(C)CC[C@@H](O)C(C)(C)[C@H]4CC[C@@]3(C)[C@]1(C)C[C@@H]2O. The lowest BCUT2D eigenvalue weighted by atomic mass is 9.33. The molecule has 5 aliphatic carbocycles. The molecule has 0 heterocycles. The van der Waals surface area contributed by atoms with E-state index in [1.165, 1.54) is 5.57 Å². The maximum absolute atomic E-state index is 12.8. The number of carbonyl (C=O) groups is 1. The van der Waals surface area contributed by atoms with Gasteiger partial charge in [0.2, 0.25) is 0 Å². The Morgan fingerprint density at radius 3 is 2.18 bits per heavy atom. The van der Waals surface area contributed by atoms with Crippen molar-refractivity contribution < 1.29 is 20.1 Å². The minimum atomic E-state index is -1.04. The summed E-state index contributed by atoms with van der Waals surface area (Å²) in [6.07, 6.45) is 9.35. The van der Waals surface area contributed by atoms with Crippen molar-refractivity contribution in [1.82, 2.24) is 0 Å². The second kappa shape index (κ2) is 7.12. The Balaban J connectivity index is 1.63. The Morgan fingerprint density at radius 2 is 1.53 bits per heavy atom. The van der Waals surface area contributed by atoms with Gasteiger partial charge in [0.05, 0.1) is 12.2 Å². The number of allylic oxidation sites excluding steroid dienone is 2. The number of carboxylic acids is 1. The first-order valence-electron chi connectivity index (χ1n) is 13.9. The van der Waals surface area contributed by atoms with Crippen LogP contribution in [0.3, 0.4) is 0 Å².